The second-order valence-corrected chi connectivity index (χ2v) is 7.84. The van der Waals surface area contributed by atoms with Crippen molar-refractivity contribution in [1.82, 2.24) is 5.32 Å². The van der Waals surface area contributed by atoms with E-state index in [1.54, 1.807) is 43.9 Å². The van der Waals surface area contributed by atoms with Crippen LogP contribution < -0.4 is 20.3 Å². The second kappa shape index (κ2) is 9.78. The Morgan fingerprint density at radius 1 is 1.18 bits per heavy atom. The van der Waals surface area contributed by atoms with Gasteiger partial charge in [0.2, 0.25) is 5.91 Å². The summed E-state index contributed by atoms with van der Waals surface area (Å²) in [6.45, 7) is 5.44. The number of aliphatic imine (C=N–C) groups is 1. The number of carbonyl (C=O) groups is 3. The molecule has 0 fully saturated rings. The quantitative estimate of drug-likeness (QED) is 0.660. The van der Waals surface area contributed by atoms with Crippen LogP contribution in [0.5, 0.6) is 5.75 Å². The Labute approximate surface area is 197 Å². The first-order valence-electron chi connectivity index (χ1n) is 11.1. The Balaban J connectivity index is 1.56. The van der Waals surface area contributed by atoms with Crippen LogP contribution in [0.1, 0.15) is 27.2 Å². The van der Waals surface area contributed by atoms with Crippen LogP contribution in [-0.4, -0.2) is 42.9 Å². The third-order valence-corrected chi connectivity index (χ3v) is 5.44. The predicted octanol–water partition coefficient (Wildman–Crippen LogP) is 3.30. The van der Waals surface area contributed by atoms with Gasteiger partial charge in [0.05, 0.1) is 23.7 Å². The summed E-state index contributed by atoms with van der Waals surface area (Å²) in [5, 5.41) is 5.92. The predicted molar refractivity (Wildman–Crippen MR) is 128 cm³/mol. The maximum atomic E-state index is 13.0. The number of ether oxygens (including phenoxy) is 2. The number of allylic oxidation sites excluding steroid dienone is 1. The zero-order valence-electron chi connectivity index (χ0n) is 19.3. The number of carbonyl (C=O) groups excluding carboxylic acids is 3. The summed E-state index contributed by atoms with van der Waals surface area (Å²) in [5.41, 5.74) is 2.55. The molecule has 9 nitrogen and oxygen atoms in total. The molecule has 1 atom stereocenters. The van der Waals surface area contributed by atoms with Gasteiger partial charge in [0, 0.05) is 18.7 Å². The topological polar surface area (TPSA) is 109 Å². The van der Waals surface area contributed by atoms with Gasteiger partial charge < -0.3 is 25.0 Å². The van der Waals surface area contributed by atoms with Crippen LogP contribution >= 0.6 is 0 Å². The molecular formula is C25H26N4O5. The van der Waals surface area contributed by atoms with Gasteiger partial charge in [0.1, 0.15) is 17.2 Å². The van der Waals surface area contributed by atoms with E-state index < -0.39 is 18.0 Å². The normalized spacial score (nSPS) is 16.9. The number of fused-ring (bicyclic) bond motifs is 2. The van der Waals surface area contributed by atoms with Crippen molar-refractivity contribution in [3.63, 3.8) is 0 Å². The maximum Gasteiger partial charge on any atom is 0.343 e. The molecule has 2 N–H and O–H groups in total. The lowest BCUT2D eigenvalue weighted by Crippen LogP contribution is -2.46. The van der Waals surface area contributed by atoms with E-state index >= 15 is 0 Å². The number of amidine groups is 1. The summed E-state index contributed by atoms with van der Waals surface area (Å²) in [6, 6.07) is 14.5. The van der Waals surface area contributed by atoms with Crippen LogP contribution in [0, 0.1) is 0 Å². The van der Waals surface area contributed by atoms with E-state index in [1.165, 1.54) is 0 Å². The second-order valence-electron chi connectivity index (χ2n) is 7.84. The lowest BCUT2D eigenvalue weighted by atomic mass is 10.1. The number of rotatable bonds is 5. The highest BCUT2D eigenvalue weighted by molar-refractivity contribution is 6.24. The van der Waals surface area contributed by atoms with Crippen molar-refractivity contribution in [2.75, 3.05) is 23.4 Å². The number of amides is 2. The van der Waals surface area contributed by atoms with Crippen molar-refractivity contribution >= 4 is 40.7 Å². The van der Waals surface area contributed by atoms with Crippen molar-refractivity contribution in [3.8, 4) is 5.75 Å². The summed E-state index contributed by atoms with van der Waals surface area (Å²) >= 11 is 0. The molecule has 0 saturated heterocycles. The number of esters is 1. The minimum absolute atomic E-state index is 0.00393. The minimum atomic E-state index is -0.646. The van der Waals surface area contributed by atoms with Gasteiger partial charge >= 0.3 is 5.97 Å². The number of benzene rings is 2. The molecule has 9 heteroatoms. The summed E-state index contributed by atoms with van der Waals surface area (Å²) in [6.07, 6.45) is -0.650. The molecule has 0 bridgehead atoms. The molecule has 2 amide bonds. The Hall–Kier alpha value is -4.14. The van der Waals surface area contributed by atoms with Gasteiger partial charge in [-0.2, -0.15) is 0 Å². The number of hydrogen-bond acceptors (Lipinski definition) is 7. The van der Waals surface area contributed by atoms with E-state index in [4.69, 9.17) is 9.47 Å². The molecule has 0 saturated carbocycles. The fourth-order valence-corrected chi connectivity index (χ4v) is 3.84. The van der Waals surface area contributed by atoms with Crippen LogP contribution in [-0.2, 0) is 19.1 Å². The molecule has 2 aromatic rings. The standard InChI is InChI=1S/C25H26N4O5/c1-4-33-25(32)22-15(2)26-17-9-5-6-10-18(17)27-23(22)28-21(30)13-14-29-19-11-7-8-12-20(19)34-16(3)24(29)31/h5-12,16,26H,4,13-14H2,1-3H3,(H,27,28,30). The highest BCUT2D eigenvalue weighted by Crippen LogP contribution is 2.34. The van der Waals surface area contributed by atoms with Crippen molar-refractivity contribution in [3.05, 3.63) is 59.8 Å². The first kappa shape index (κ1) is 23.0. The summed E-state index contributed by atoms with van der Waals surface area (Å²) in [5.74, 6) is -0.517. The number of hydrogen-bond donors (Lipinski definition) is 2. The summed E-state index contributed by atoms with van der Waals surface area (Å²) in [4.78, 5) is 44.4. The van der Waals surface area contributed by atoms with Crippen molar-refractivity contribution in [1.29, 1.82) is 0 Å². The molecule has 2 aliphatic rings. The third-order valence-electron chi connectivity index (χ3n) is 5.44. The molecule has 0 aliphatic carbocycles. The number of nitrogens with zero attached hydrogens (tertiary/aromatic N) is 2. The molecule has 2 heterocycles. The van der Waals surface area contributed by atoms with Gasteiger partial charge in [-0.1, -0.05) is 24.3 Å². The Bertz CT molecular complexity index is 1200. The van der Waals surface area contributed by atoms with Gasteiger partial charge in [0.25, 0.3) is 5.91 Å². The zero-order valence-corrected chi connectivity index (χ0v) is 19.3. The SMILES string of the molecule is CCOC(=O)C1=C(C)Nc2ccccc2N=C1NC(=O)CCN1C(=O)C(C)Oc2ccccc21. The van der Waals surface area contributed by atoms with E-state index in [9.17, 15) is 14.4 Å². The molecule has 0 spiro atoms. The molecular weight excluding hydrogens is 436 g/mol. The molecule has 4 rings (SSSR count). The van der Waals surface area contributed by atoms with Crippen LogP contribution in [0.15, 0.2) is 64.8 Å². The molecule has 34 heavy (non-hydrogen) atoms. The Morgan fingerprint density at radius 3 is 2.71 bits per heavy atom. The van der Waals surface area contributed by atoms with E-state index in [1.807, 2.05) is 30.3 Å². The number of nitrogens with one attached hydrogen (secondary N) is 2. The first-order chi connectivity index (χ1) is 16.4. The van der Waals surface area contributed by atoms with Crippen LogP contribution in [0.3, 0.4) is 0 Å². The van der Waals surface area contributed by atoms with Gasteiger partial charge in [-0.15, -0.1) is 0 Å². The maximum absolute atomic E-state index is 13.0. The first-order valence-corrected chi connectivity index (χ1v) is 11.1. The van der Waals surface area contributed by atoms with Crippen molar-refractivity contribution in [2.24, 2.45) is 4.99 Å². The number of para-hydroxylation sites is 4. The third kappa shape index (κ3) is 4.63. The zero-order chi connectivity index (χ0) is 24.2. The molecule has 2 aliphatic heterocycles. The highest BCUT2D eigenvalue weighted by atomic mass is 16.5. The van der Waals surface area contributed by atoms with Gasteiger partial charge in [-0.05, 0) is 45.0 Å². The monoisotopic (exact) mass is 462 g/mol. The molecule has 176 valence electrons. The van der Waals surface area contributed by atoms with Gasteiger partial charge in [0.15, 0.2) is 6.10 Å². The van der Waals surface area contributed by atoms with Crippen LogP contribution in [0.25, 0.3) is 0 Å². The minimum Gasteiger partial charge on any atom is -0.479 e. The lowest BCUT2D eigenvalue weighted by molar-refractivity contribution is -0.138. The Kier molecular flexibility index (Phi) is 6.62. The van der Waals surface area contributed by atoms with Crippen molar-refractivity contribution in [2.45, 2.75) is 33.3 Å². The van der Waals surface area contributed by atoms with Crippen LogP contribution in [0.2, 0.25) is 0 Å². The molecule has 1 unspecified atom stereocenters. The van der Waals surface area contributed by atoms with E-state index in [2.05, 4.69) is 15.6 Å². The average Bonchev–Trinajstić information content (AvgIpc) is 2.94. The van der Waals surface area contributed by atoms with E-state index in [0.29, 0.717) is 28.5 Å². The van der Waals surface area contributed by atoms with Crippen LogP contribution in [0.4, 0.5) is 17.1 Å². The summed E-state index contributed by atoms with van der Waals surface area (Å²) in [7, 11) is 0. The Morgan fingerprint density at radius 2 is 1.91 bits per heavy atom. The molecule has 0 aromatic heterocycles. The van der Waals surface area contributed by atoms with Gasteiger partial charge in [-0.3, -0.25) is 9.59 Å². The average molecular weight is 463 g/mol. The highest BCUT2D eigenvalue weighted by Gasteiger charge is 2.32. The largest absolute Gasteiger partial charge is 0.479 e. The fraction of sp³-hybridized carbons (Fsp3) is 0.280. The molecule has 2 aromatic carbocycles. The lowest BCUT2D eigenvalue weighted by Gasteiger charge is -2.32. The number of anilines is 2. The van der Waals surface area contributed by atoms with Gasteiger partial charge in [-0.25, -0.2) is 9.79 Å². The molecule has 0 radical (unpaired) electrons. The van der Waals surface area contributed by atoms with E-state index in [-0.39, 0.29) is 36.9 Å². The smallest absolute Gasteiger partial charge is 0.343 e. The fourth-order valence-electron chi connectivity index (χ4n) is 3.84. The van der Waals surface area contributed by atoms with Crippen molar-refractivity contribution < 1.29 is 23.9 Å². The van der Waals surface area contributed by atoms with E-state index in [0.717, 1.165) is 0 Å². The summed E-state index contributed by atoms with van der Waals surface area (Å²) < 4.78 is 10.9.